The molecule has 0 radical (unpaired) electrons. The van der Waals surface area contributed by atoms with Crippen molar-refractivity contribution in [2.75, 3.05) is 12.8 Å². The summed E-state index contributed by atoms with van der Waals surface area (Å²) >= 11 is 1.66. The van der Waals surface area contributed by atoms with E-state index in [4.69, 9.17) is 4.52 Å². The highest BCUT2D eigenvalue weighted by Gasteiger charge is 2.18. The first-order valence-electron chi connectivity index (χ1n) is 8.04. The van der Waals surface area contributed by atoms with Gasteiger partial charge in [-0.25, -0.2) is 0 Å². The molecule has 1 aromatic heterocycles. The van der Waals surface area contributed by atoms with E-state index in [0.717, 1.165) is 16.2 Å². The number of amides is 1. The first kappa shape index (κ1) is 17.2. The van der Waals surface area contributed by atoms with Crippen molar-refractivity contribution in [2.24, 2.45) is 0 Å². The molecule has 3 rings (SSSR count). The van der Waals surface area contributed by atoms with Crippen LogP contribution in [0.3, 0.4) is 0 Å². The van der Waals surface area contributed by atoms with Crippen LogP contribution in [0, 0.1) is 0 Å². The molecule has 0 saturated carbocycles. The van der Waals surface area contributed by atoms with Crippen molar-refractivity contribution in [3.05, 3.63) is 66.1 Å². The summed E-state index contributed by atoms with van der Waals surface area (Å²) < 4.78 is 5.29. The topological polar surface area (TPSA) is 59.2 Å². The second kappa shape index (κ2) is 7.98. The van der Waals surface area contributed by atoms with Crippen molar-refractivity contribution in [3.8, 4) is 11.4 Å². The maximum Gasteiger partial charge on any atom is 0.255 e. The van der Waals surface area contributed by atoms with E-state index >= 15 is 0 Å². The van der Waals surface area contributed by atoms with Crippen LogP contribution in [0.1, 0.15) is 23.2 Å². The lowest BCUT2D eigenvalue weighted by molar-refractivity contribution is 0.0766. The molecule has 128 valence electrons. The Labute approximate surface area is 151 Å². The Hall–Kier alpha value is -2.60. The molecule has 1 amide bonds. The summed E-state index contributed by atoms with van der Waals surface area (Å²) in [5, 5.41) is 3.99. The van der Waals surface area contributed by atoms with E-state index in [-0.39, 0.29) is 12.5 Å². The largest absolute Gasteiger partial charge is 0.337 e. The zero-order valence-corrected chi connectivity index (χ0v) is 15.0. The molecule has 2 aromatic carbocycles. The Balaban J connectivity index is 1.73. The maximum atomic E-state index is 12.7. The van der Waals surface area contributed by atoms with Gasteiger partial charge in [0.15, 0.2) is 0 Å². The molecule has 0 aliphatic carbocycles. The highest BCUT2D eigenvalue weighted by molar-refractivity contribution is 7.99. The number of aromatic nitrogens is 2. The molecule has 0 aliphatic rings. The molecule has 0 unspecified atom stereocenters. The minimum Gasteiger partial charge on any atom is -0.337 e. The summed E-state index contributed by atoms with van der Waals surface area (Å²) in [6, 6.07) is 17.2. The van der Waals surface area contributed by atoms with Crippen molar-refractivity contribution in [2.45, 2.75) is 18.4 Å². The van der Waals surface area contributed by atoms with Gasteiger partial charge in [0.25, 0.3) is 5.91 Å². The molecule has 0 fully saturated rings. The minimum absolute atomic E-state index is 0.0592. The van der Waals surface area contributed by atoms with Gasteiger partial charge in [-0.05, 0) is 17.9 Å². The molecule has 0 atom stereocenters. The quantitative estimate of drug-likeness (QED) is 0.624. The van der Waals surface area contributed by atoms with Gasteiger partial charge in [0.2, 0.25) is 11.7 Å². The molecule has 0 aliphatic heterocycles. The summed E-state index contributed by atoms with van der Waals surface area (Å²) in [7, 11) is 1.74. The van der Waals surface area contributed by atoms with Gasteiger partial charge < -0.3 is 9.42 Å². The first-order chi connectivity index (χ1) is 12.2. The van der Waals surface area contributed by atoms with Crippen LogP contribution in [0.5, 0.6) is 0 Å². The molecule has 0 spiro atoms. The van der Waals surface area contributed by atoms with Gasteiger partial charge in [-0.3, -0.25) is 4.79 Å². The first-order valence-corrected chi connectivity index (χ1v) is 9.03. The van der Waals surface area contributed by atoms with Crippen LogP contribution in [0.2, 0.25) is 0 Å². The van der Waals surface area contributed by atoms with Crippen molar-refractivity contribution in [3.63, 3.8) is 0 Å². The second-order valence-electron chi connectivity index (χ2n) is 5.47. The third-order valence-corrected chi connectivity index (χ3v) is 4.59. The molecule has 5 nitrogen and oxygen atoms in total. The van der Waals surface area contributed by atoms with Crippen LogP contribution in [0.15, 0.2) is 64.0 Å². The maximum absolute atomic E-state index is 12.7. The molecule has 25 heavy (non-hydrogen) atoms. The van der Waals surface area contributed by atoms with E-state index in [1.165, 1.54) is 0 Å². The average Bonchev–Trinajstić information content (AvgIpc) is 3.11. The number of carbonyl (C=O) groups excluding carboxylic acids is 1. The number of thioether (sulfide) groups is 1. The number of benzene rings is 2. The summed E-state index contributed by atoms with van der Waals surface area (Å²) in [5.41, 5.74) is 1.58. The number of carbonyl (C=O) groups is 1. The number of rotatable bonds is 6. The smallest absolute Gasteiger partial charge is 0.255 e. The van der Waals surface area contributed by atoms with Crippen molar-refractivity contribution in [1.29, 1.82) is 0 Å². The standard InChI is InChI=1S/C19H19N3O2S/c1-3-25-16-12-8-7-11-15(16)19(23)22(2)13-17-20-18(21-24-17)14-9-5-4-6-10-14/h4-12H,3,13H2,1-2H3. The Kier molecular flexibility index (Phi) is 5.50. The van der Waals surface area contributed by atoms with Crippen LogP contribution in [-0.4, -0.2) is 33.7 Å². The summed E-state index contributed by atoms with van der Waals surface area (Å²) in [6.45, 7) is 2.34. The zero-order valence-electron chi connectivity index (χ0n) is 14.2. The van der Waals surface area contributed by atoms with Gasteiger partial charge in [0.05, 0.1) is 12.1 Å². The predicted molar refractivity (Wildman–Crippen MR) is 98.4 cm³/mol. The molecule has 6 heteroatoms. The highest BCUT2D eigenvalue weighted by Crippen LogP contribution is 2.24. The Morgan fingerprint density at radius 2 is 1.84 bits per heavy atom. The summed E-state index contributed by atoms with van der Waals surface area (Å²) in [6.07, 6.45) is 0. The highest BCUT2D eigenvalue weighted by atomic mass is 32.2. The minimum atomic E-state index is -0.0592. The fourth-order valence-corrected chi connectivity index (χ4v) is 3.23. The molecule has 1 heterocycles. The van der Waals surface area contributed by atoms with E-state index in [0.29, 0.717) is 17.3 Å². The third-order valence-electron chi connectivity index (χ3n) is 3.64. The van der Waals surface area contributed by atoms with Crippen LogP contribution >= 0.6 is 11.8 Å². The third kappa shape index (κ3) is 4.09. The fourth-order valence-electron chi connectivity index (χ4n) is 2.43. The Morgan fingerprint density at radius 1 is 1.12 bits per heavy atom. The Bertz CT molecular complexity index is 849. The van der Waals surface area contributed by atoms with Gasteiger partial charge in [0.1, 0.15) is 0 Å². The molecule has 0 N–H and O–H groups in total. The molecule has 0 saturated heterocycles. The molecule has 0 bridgehead atoms. The van der Waals surface area contributed by atoms with E-state index in [1.807, 2.05) is 54.6 Å². The van der Waals surface area contributed by atoms with Gasteiger partial charge in [-0.2, -0.15) is 4.98 Å². The SMILES string of the molecule is CCSc1ccccc1C(=O)N(C)Cc1nc(-c2ccccc2)no1. The summed E-state index contributed by atoms with van der Waals surface area (Å²) in [5.74, 6) is 1.79. The van der Waals surface area contributed by atoms with Crippen LogP contribution < -0.4 is 0 Å². The Morgan fingerprint density at radius 3 is 2.60 bits per heavy atom. The van der Waals surface area contributed by atoms with E-state index in [1.54, 1.807) is 23.7 Å². The van der Waals surface area contributed by atoms with E-state index in [2.05, 4.69) is 17.1 Å². The van der Waals surface area contributed by atoms with Gasteiger partial charge in [-0.15, -0.1) is 11.8 Å². The normalized spacial score (nSPS) is 10.6. The van der Waals surface area contributed by atoms with Crippen LogP contribution in [0.4, 0.5) is 0 Å². The van der Waals surface area contributed by atoms with E-state index < -0.39 is 0 Å². The average molecular weight is 353 g/mol. The zero-order chi connectivity index (χ0) is 17.6. The number of nitrogens with zero attached hydrogens (tertiary/aromatic N) is 3. The van der Waals surface area contributed by atoms with Gasteiger partial charge in [-0.1, -0.05) is 54.5 Å². The van der Waals surface area contributed by atoms with Gasteiger partial charge >= 0.3 is 0 Å². The van der Waals surface area contributed by atoms with Gasteiger partial charge in [0, 0.05) is 17.5 Å². The monoisotopic (exact) mass is 353 g/mol. The van der Waals surface area contributed by atoms with Crippen molar-refractivity contribution < 1.29 is 9.32 Å². The lowest BCUT2D eigenvalue weighted by atomic mass is 10.2. The van der Waals surface area contributed by atoms with E-state index in [9.17, 15) is 4.79 Å². The predicted octanol–water partition coefficient (Wildman–Crippen LogP) is 4.12. The fraction of sp³-hybridized carbons (Fsp3) is 0.211. The molecular weight excluding hydrogens is 334 g/mol. The molecular formula is C19H19N3O2S. The summed E-state index contributed by atoms with van der Waals surface area (Å²) in [4.78, 5) is 19.7. The lowest BCUT2D eigenvalue weighted by Crippen LogP contribution is -2.26. The molecule has 3 aromatic rings. The lowest BCUT2D eigenvalue weighted by Gasteiger charge is -2.16. The van der Waals surface area contributed by atoms with Crippen molar-refractivity contribution >= 4 is 17.7 Å². The van der Waals surface area contributed by atoms with Crippen molar-refractivity contribution in [1.82, 2.24) is 15.0 Å². The second-order valence-corrected chi connectivity index (χ2v) is 6.77. The van der Waals surface area contributed by atoms with Crippen LogP contribution in [0.25, 0.3) is 11.4 Å². The van der Waals surface area contributed by atoms with Crippen LogP contribution in [-0.2, 0) is 6.54 Å². The number of hydrogen-bond donors (Lipinski definition) is 0. The number of hydrogen-bond acceptors (Lipinski definition) is 5.